The van der Waals surface area contributed by atoms with E-state index in [0.29, 0.717) is 6.04 Å². The Labute approximate surface area is 111 Å². The van der Waals surface area contributed by atoms with E-state index in [1.165, 1.54) is 24.0 Å². The predicted molar refractivity (Wildman–Crippen MR) is 76.2 cm³/mol. The van der Waals surface area contributed by atoms with Gasteiger partial charge in [0.15, 0.2) is 0 Å². The Balaban J connectivity index is 1.78. The predicted octanol–water partition coefficient (Wildman–Crippen LogP) is 3.41. The van der Waals surface area contributed by atoms with Gasteiger partial charge in [0, 0.05) is 12.6 Å². The van der Waals surface area contributed by atoms with Gasteiger partial charge in [0.05, 0.1) is 0 Å². The molecule has 0 N–H and O–H groups in total. The van der Waals surface area contributed by atoms with Crippen LogP contribution in [0.25, 0.3) is 0 Å². The molecule has 2 nitrogen and oxygen atoms in total. The third-order valence-electron chi connectivity index (χ3n) is 4.04. The third-order valence-corrected chi connectivity index (χ3v) is 4.04. The second-order valence-electron chi connectivity index (χ2n) is 5.68. The molecule has 0 radical (unpaired) electrons. The van der Waals surface area contributed by atoms with Crippen molar-refractivity contribution in [1.29, 1.82) is 0 Å². The number of benzene rings is 1. The molecule has 18 heavy (non-hydrogen) atoms. The Bertz CT molecular complexity index is 398. The van der Waals surface area contributed by atoms with Gasteiger partial charge in [-0.15, -0.1) is 0 Å². The van der Waals surface area contributed by atoms with Gasteiger partial charge in [-0.25, -0.2) is 0 Å². The first-order chi connectivity index (χ1) is 8.58. The summed E-state index contributed by atoms with van der Waals surface area (Å²) in [4.78, 5) is 2.42. The van der Waals surface area contributed by atoms with Crippen molar-refractivity contribution in [3.63, 3.8) is 0 Å². The molecule has 1 aliphatic carbocycles. The summed E-state index contributed by atoms with van der Waals surface area (Å²) >= 11 is 0. The fourth-order valence-corrected chi connectivity index (χ4v) is 2.30. The molecular weight excluding hydrogens is 222 g/mol. The zero-order chi connectivity index (χ0) is 13.1. The molecule has 1 atom stereocenters. The van der Waals surface area contributed by atoms with Crippen LogP contribution in [0.15, 0.2) is 18.2 Å². The Morgan fingerprint density at radius 1 is 1.33 bits per heavy atom. The maximum atomic E-state index is 5.90. The largest absolute Gasteiger partial charge is 0.492 e. The average molecular weight is 247 g/mol. The summed E-state index contributed by atoms with van der Waals surface area (Å²) in [7, 11) is 2.20. The second kappa shape index (κ2) is 5.75. The lowest BCUT2D eigenvalue weighted by Crippen LogP contribution is -2.34. The zero-order valence-corrected chi connectivity index (χ0v) is 12.1. The van der Waals surface area contributed by atoms with Gasteiger partial charge >= 0.3 is 0 Å². The summed E-state index contributed by atoms with van der Waals surface area (Å²) in [6.07, 6.45) is 2.81. The van der Waals surface area contributed by atoms with Crippen molar-refractivity contribution in [2.24, 2.45) is 5.92 Å². The van der Waals surface area contributed by atoms with E-state index in [0.717, 1.165) is 24.8 Å². The van der Waals surface area contributed by atoms with Gasteiger partial charge in [0.2, 0.25) is 0 Å². The average Bonchev–Trinajstić information content (AvgIpc) is 3.16. The highest BCUT2D eigenvalue weighted by molar-refractivity contribution is 5.35. The number of hydrogen-bond acceptors (Lipinski definition) is 2. The topological polar surface area (TPSA) is 12.5 Å². The molecule has 1 aromatic rings. The van der Waals surface area contributed by atoms with Gasteiger partial charge in [-0.1, -0.05) is 12.1 Å². The second-order valence-corrected chi connectivity index (χ2v) is 5.68. The van der Waals surface area contributed by atoms with E-state index >= 15 is 0 Å². The third kappa shape index (κ3) is 3.49. The molecule has 100 valence electrons. The van der Waals surface area contributed by atoms with Gasteiger partial charge in [-0.2, -0.15) is 0 Å². The Morgan fingerprint density at radius 2 is 2.06 bits per heavy atom. The van der Waals surface area contributed by atoms with Crippen LogP contribution in [0.1, 0.15) is 30.9 Å². The van der Waals surface area contributed by atoms with Crippen LogP contribution in [0.5, 0.6) is 5.75 Å². The van der Waals surface area contributed by atoms with E-state index in [1.54, 1.807) is 0 Å². The van der Waals surface area contributed by atoms with Gasteiger partial charge < -0.3 is 9.64 Å². The SMILES string of the molecule is Cc1ccc(C)c(OCCN(C)C(C)C2CC2)c1. The normalized spacial score (nSPS) is 16.9. The Kier molecular flexibility index (Phi) is 4.28. The minimum Gasteiger partial charge on any atom is -0.492 e. The molecule has 2 heteroatoms. The summed E-state index contributed by atoms with van der Waals surface area (Å²) in [5.41, 5.74) is 2.48. The van der Waals surface area contributed by atoms with Crippen molar-refractivity contribution >= 4 is 0 Å². The van der Waals surface area contributed by atoms with E-state index in [9.17, 15) is 0 Å². The summed E-state index contributed by atoms with van der Waals surface area (Å²) in [6.45, 7) is 8.32. The van der Waals surface area contributed by atoms with Gasteiger partial charge in [0.1, 0.15) is 12.4 Å². The van der Waals surface area contributed by atoms with E-state index in [4.69, 9.17) is 4.74 Å². The Hall–Kier alpha value is -1.02. The smallest absolute Gasteiger partial charge is 0.122 e. The number of nitrogens with zero attached hydrogens (tertiary/aromatic N) is 1. The van der Waals surface area contributed by atoms with Gasteiger partial charge in [0.25, 0.3) is 0 Å². The molecular formula is C16H25NO. The molecule has 0 bridgehead atoms. The number of ether oxygens (including phenoxy) is 1. The van der Waals surface area contributed by atoms with Crippen LogP contribution in [0, 0.1) is 19.8 Å². The first kappa shape index (κ1) is 13.4. The van der Waals surface area contributed by atoms with Crippen molar-refractivity contribution in [1.82, 2.24) is 4.90 Å². The highest BCUT2D eigenvalue weighted by Crippen LogP contribution is 2.34. The molecule has 0 spiro atoms. The van der Waals surface area contributed by atoms with E-state index in [1.807, 2.05) is 0 Å². The summed E-state index contributed by atoms with van der Waals surface area (Å²) in [6, 6.07) is 7.08. The van der Waals surface area contributed by atoms with Crippen LogP contribution < -0.4 is 4.74 Å². The van der Waals surface area contributed by atoms with Crippen LogP contribution in [0.3, 0.4) is 0 Å². The maximum absolute atomic E-state index is 5.90. The van der Waals surface area contributed by atoms with Gasteiger partial charge in [-0.05, 0) is 63.8 Å². The molecule has 0 aliphatic heterocycles. The van der Waals surface area contributed by atoms with Crippen molar-refractivity contribution in [3.8, 4) is 5.75 Å². The number of likely N-dealkylation sites (N-methyl/N-ethyl adjacent to an activating group) is 1. The fraction of sp³-hybridized carbons (Fsp3) is 0.625. The van der Waals surface area contributed by atoms with Crippen LogP contribution in [0.4, 0.5) is 0 Å². The molecule has 1 unspecified atom stereocenters. The molecule has 0 amide bonds. The van der Waals surface area contributed by atoms with Crippen LogP contribution >= 0.6 is 0 Å². The van der Waals surface area contributed by atoms with E-state index in [-0.39, 0.29) is 0 Å². The highest BCUT2D eigenvalue weighted by Gasteiger charge is 2.30. The van der Waals surface area contributed by atoms with Crippen LogP contribution in [-0.2, 0) is 0 Å². The van der Waals surface area contributed by atoms with Crippen LogP contribution in [-0.4, -0.2) is 31.1 Å². The molecule has 1 aliphatic rings. The highest BCUT2D eigenvalue weighted by atomic mass is 16.5. The fourth-order valence-electron chi connectivity index (χ4n) is 2.30. The minimum atomic E-state index is 0.701. The molecule has 1 saturated carbocycles. The molecule has 0 heterocycles. The molecule has 0 aromatic heterocycles. The number of hydrogen-bond donors (Lipinski definition) is 0. The van der Waals surface area contributed by atoms with Crippen molar-refractivity contribution in [2.45, 2.75) is 39.7 Å². The molecule has 2 rings (SSSR count). The van der Waals surface area contributed by atoms with Crippen molar-refractivity contribution in [2.75, 3.05) is 20.2 Å². The van der Waals surface area contributed by atoms with Crippen LogP contribution in [0.2, 0.25) is 0 Å². The first-order valence-corrected chi connectivity index (χ1v) is 6.98. The maximum Gasteiger partial charge on any atom is 0.122 e. The van der Waals surface area contributed by atoms with Crippen molar-refractivity contribution in [3.05, 3.63) is 29.3 Å². The number of rotatable bonds is 6. The first-order valence-electron chi connectivity index (χ1n) is 6.98. The lowest BCUT2D eigenvalue weighted by Gasteiger charge is -2.24. The van der Waals surface area contributed by atoms with Gasteiger partial charge in [-0.3, -0.25) is 0 Å². The lowest BCUT2D eigenvalue weighted by atomic mass is 10.1. The van der Waals surface area contributed by atoms with E-state index < -0.39 is 0 Å². The summed E-state index contributed by atoms with van der Waals surface area (Å²) in [5.74, 6) is 1.96. The quantitative estimate of drug-likeness (QED) is 0.764. The van der Waals surface area contributed by atoms with Crippen molar-refractivity contribution < 1.29 is 4.74 Å². The summed E-state index contributed by atoms with van der Waals surface area (Å²) < 4.78 is 5.90. The standard InChI is InChI=1S/C16H25NO/c1-12-5-6-13(2)16(11-12)18-10-9-17(4)14(3)15-7-8-15/h5-6,11,14-15H,7-10H2,1-4H3. The summed E-state index contributed by atoms with van der Waals surface area (Å²) in [5, 5.41) is 0. The zero-order valence-electron chi connectivity index (χ0n) is 12.1. The lowest BCUT2D eigenvalue weighted by molar-refractivity contribution is 0.186. The molecule has 1 aromatic carbocycles. The number of aryl methyl sites for hydroxylation is 2. The van der Waals surface area contributed by atoms with E-state index in [2.05, 4.69) is 50.9 Å². The Morgan fingerprint density at radius 3 is 2.72 bits per heavy atom. The minimum absolute atomic E-state index is 0.701. The molecule has 1 fully saturated rings. The molecule has 0 saturated heterocycles. The monoisotopic (exact) mass is 247 g/mol.